The fourth-order valence-electron chi connectivity index (χ4n) is 12.0. The molecule has 0 radical (unpaired) electrons. The number of carbonyl (C=O) groups is 7. The van der Waals surface area contributed by atoms with Crippen LogP contribution in [0.1, 0.15) is 125 Å². The summed E-state index contributed by atoms with van der Waals surface area (Å²) in [4.78, 5) is 132. The minimum Gasteiger partial charge on any atom is -0.506 e. The first kappa shape index (κ1) is 66.1. The van der Waals surface area contributed by atoms with Crippen molar-refractivity contribution >= 4 is 115 Å². The normalized spacial score (nSPS) is 24.8. The zero-order valence-electron chi connectivity index (χ0n) is 51.8. The van der Waals surface area contributed by atoms with Gasteiger partial charge in [-0.05, 0) is 52.4 Å². The molecule has 8 aromatic rings. The molecule has 0 aliphatic carbocycles. The number of rotatable bonds is 7. The van der Waals surface area contributed by atoms with Gasteiger partial charge in [-0.25, -0.2) is 39.5 Å². The highest BCUT2D eigenvalue weighted by molar-refractivity contribution is 7.14. The zero-order chi connectivity index (χ0) is 68.5. The second-order valence-corrected chi connectivity index (χ2v) is 27.5. The second kappa shape index (κ2) is 26.5. The summed E-state index contributed by atoms with van der Waals surface area (Å²) < 4.78 is 44.9. The Kier molecular flexibility index (Phi) is 18.0. The van der Waals surface area contributed by atoms with Crippen LogP contribution in [-0.2, 0) is 56.0 Å². The third kappa shape index (κ3) is 12.6. The van der Waals surface area contributed by atoms with Gasteiger partial charge >= 0.3 is 11.9 Å². The third-order valence-corrected chi connectivity index (χ3v) is 21.1. The van der Waals surface area contributed by atoms with Gasteiger partial charge in [0.25, 0.3) is 23.6 Å². The van der Waals surface area contributed by atoms with E-state index in [1.807, 2.05) is 25.8 Å². The van der Waals surface area contributed by atoms with Crippen molar-refractivity contribution in [2.24, 2.45) is 0 Å². The molecule has 1 aromatic carbocycles. The number of amides is 5. The van der Waals surface area contributed by atoms with Crippen LogP contribution < -0.4 is 26.6 Å². The number of aliphatic hydroxyl groups is 1. The van der Waals surface area contributed by atoms with Crippen molar-refractivity contribution in [3.8, 4) is 44.5 Å². The van der Waals surface area contributed by atoms with Gasteiger partial charge in [-0.1, -0.05) is 18.7 Å². The molecule has 2 saturated heterocycles. The van der Waals surface area contributed by atoms with Crippen LogP contribution in [0.5, 0.6) is 5.75 Å². The zero-order valence-corrected chi connectivity index (χ0v) is 55.8. The standard InChI is InChI=1S/C61H56N14O17S5/c1-23(13-62)63-49(78)32-19-96-57(68-32)43-37(77)11-28-42(70-43)31-17-94-55(65-31)30-16-89-59(83)45-29-15-87-46(47(60(84)88-14-27-9-8-10-36(39(27)29)75(45)85)92-38-12-61(5)48(26(4)91-38)74(6)22-90-61)44(58-69-33(20-97-58)50(79)64-30)73-52(81)35-21-95-56(67-35)41(25(3)86-7)72-53(82)40(24(2)76)71-51(80)34-18-93-54(28)66-34/h8-11,17-21,24,26,30,38,40,44,46-48,76-77,85H,1,12,14-16,22H2,2-7H3,(H,63,78)(H,64,79)(H,71,80)(H,72,82)(H,73,81)/b41-25+. The van der Waals surface area contributed by atoms with Crippen LogP contribution in [0.15, 0.2) is 69.2 Å². The van der Waals surface area contributed by atoms with Crippen molar-refractivity contribution < 1.29 is 82.1 Å². The van der Waals surface area contributed by atoms with Crippen molar-refractivity contribution in [3.63, 3.8) is 0 Å². The van der Waals surface area contributed by atoms with E-state index in [4.69, 9.17) is 48.1 Å². The Morgan fingerprint density at radius 3 is 2.33 bits per heavy atom. The lowest BCUT2D eigenvalue weighted by atomic mass is 9.86. The topological polar surface area (TPSA) is 414 Å². The van der Waals surface area contributed by atoms with Gasteiger partial charge in [-0.2, -0.15) is 9.99 Å². The van der Waals surface area contributed by atoms with E-state index in [9.17, 15) is 39.9 Å². The number of thiazole rings is 5. The number of fused-ring (bicyclic) bond motifs is 16. The Hall–Kier alpha value is -9.52. The number of benzene rings is 1. The molecule has 31 nitrogen and oxygen atoms in total. The number of aromatic nitrogens is 7. The van der Waals surface area contributed by atoms with Crippen LogP contribution in [0.2, 0.25) is 0 Å². The first-order chi connectivity index (χ1) is 46.5. The predicted octanol–water partition coefficient (Wildman–Crippen LogP) is 5.30. The number of carbonyl (C=O) groups excluding carboxylic acids is 7. The number of esters is 2. The molecule has 2 fully saturated rings. The van der Waals surface area contributed by atoms with E-state index in [1.54, 1.807) is 18.2 Å². The summed E-state index contributed by atoms with van der Waals surface area (Å²) in [7, 11) is 3.21. The van der Waals surface area contributed by atoms with Crippen LogP contribution in [0.4, 0.5) is 0 Å². The van der Waals surface area contributed by atoms with E-state index in [1.165, 1.54) is 60.0 Å². The number of likely N-dealkylation sites (N-methyl/N-ethyl adjacent to an activating group) is 1. The van der Waals surface area contributed by atoms with Crippen molar-refractivity contribution in [1.82, 2.24) is 66.1 Å². The summed E-state index contributed by atoms with van der Waals surface area (Å²) in [6.45, 7) is 8.55. The lowest BCUT2D eigenvalue weighted by Crippen LogP contribution is -2.58. The van der Waals surface area contributed by atoms with E-state index < -0.39 is 127 Å². The second-order valence-electron chi connectivity index (χ2n) is 23.1. The first-order valence-electron chi connectivity index (χ1n) is 29.5. The van der Waals surface area contributed by atoms with Crippen molar-refractivity contribution in [2.75, 3.05) is 27.5 Å². The van der Waals surface area contributed by atoms with Crippen molar-refractivity contribution in [2.45, 2.75) is 108 Å². The van der Waals surface area contributed by atoms with Crippen LogP contribution >= 0.6 is 56.7 Å². The van der Waals surface area contributed by atoms with Crippen LogP contribution in [0.25, 0.3) is 49.3 Å². The molecule has 10 atom stereocenters. The van der Waals surface area contributed by atoms with Gasteiger partial charge in [0.15, 0.2) is 18.1 Å². The highest BCUT2D eigenvalue weighted by Crippen LogP contribution is 2.44. The van der Waals surface area contributed by atoms with E-state index in [0.717, 1.165) is 56.7 Å². The van der Waals surface area contributed by atoms with E-state index in [0.29, 0.717) is 10.3 Å². The summed E-state index contributed by atoms with van der Waals surface area (Å²) in [6, 6.07) is 2.89. The Bertz CT molecular complexity index is 4640. The largest absolute Gasteiger partial charge is 0.506 e. The molecule has 10 unspecified atom stereocenters. The monoisotopic (exact) mass is 1420 g/mol. The molecule has 5 aliphatic heterocycles. The maximum absolute atomic E-state index is 15.2. The van der Waals surface area contributed by atoms with E-state index >= 15 is 14.4 Å². The minimum atomic E-state index is -1.84. The molecule has 12 heterocycles. The minimum absolute atomic E-state index is 0.00135. The fourth-order valence-corrected chi connectivity index (χ4v) is 16.2. The van der Waals surface area contributed by atoms with E-state index in [2.05, 4.69) is 48.1 Å². The van der Waals surface area contributed by atoms with Crippen LogP contribution in [0, 0.1) is 11.3 Å². The Morgan fingerprint density at radius 2 is 1.57 bits per heavy atom. The average Bonchev–Trinajstić information content (AvgIpc) is 1.64. The van der Waals surface area contributed by atoms with Crippen LogP contribution in [-0.4, -0.2) is 172 Å². The molecular weight excluding hydrogens is 1360 g/mol. The van der Waals surface area contributed by atoms with Crippen molar-refractivity contribution in [3.05, 3.63) is 124 Å². The lowest BCUT2D eigenvalue weighted by Gasteiger charge is -2.45. The van der Waals surface area contributed by atoms with Gasteiger partial charge in [-0.3, -0.25) is 28.9 Å². The molecule has 5 aliphatic rings. The molecule has 12 bridgehead atoms. The summed E-state index contributed by atoms with van der Waals surface area (Å²) in [6.07, 6.45) is -6.73. The third-order valence-electron chi connectivity index (χ3n) is 16.7. The summed E-state index contributed by atoms with van der Waals surface area (Å²) in [5, 5.41) is 65.1. The predicted molar refractivity (Wildman–Crippen MR) is 344 cm³/mol. The van der Waals surface area contributed by atoms with Crippen molar-refractivity contribution in [1.29, 1.82) is 5.26 Å². The number of hydrogen-bond acceptors (Lipinski definition) is 30. The number of methoxy groups -OCH3 is 1. The van der Waals surface area contributed by atoms with Gasteiger partial charge in [0.1, 0.15) is 131 Å². The molecular formula is C61H56N14O17S5. The van der Waals surface area contributed by atoms with Gasteiger partial charge in [-0.15, -0.1) is 56.7 Å². The Labute approximate surface area is 568 Å². The summed E-state index contributed by atoms with van der Waals surface area (Å²) in [5.41, 5.74) is -2.08. The Morgan fingerprint density at radius 1 is 0.876 bits per heavy atom. The Balaban J connectivity index is 0.987. The maximum Gasteiger partial charge on any atom is 0.358 e. The highest BCUT2D eigenvalue weighted by Gasteiger charge is 2.54. The highest BCUT2D eigenvalue weighted by atomic mass is 32.1. The number of nitrogens with zero attached hydrogens (tertiary/aromatic N) is 9. The number of nitriles is 1. The molecule has 5 amide bonds. The van der Waals surface area contributed by atoms with Gasteiger partial charge in [0, 0.05) is 49.8 Å². The number of ether oxygens (including phenoxy) is 7. The molecule has 502 valence electrons. The van der Waals surface area contributed by atoms with Gasteiger partial charge in [0.2, 0.25) is 5.91 Å². The molecule has 36 heteroatoms. The SMILES string of the molecule is C=C(C#N)NC(=O)c1csc(-c2nc3c(cc2O)-c2nc(cs2)C(=O)NC(C(C)O)C(=O)N/C(=C(\C)OC)c2nc(cs2)C(=O)NC2c4nc(cs4)C(=O)NC(COC(=O)c4c5c6c(cccc6n4O)COC(=O)C(OC4CC6(C)OCN(C)C6C(C)O4)C2OC5)c2nc-3cs2)n1. The number of nitrogens with one attached hydrogen (secondary N) is 5. The molecule has 0 saturated carbocycles. The summed E-state index contributed by atoms with van der Waals surface area (Å²) in [5.74, 6) is -6.96. The number of aromatic hydroxyl groups is 1. The quantitative estimate of drug-likeness (QED) is 0.0434. The molecule has 8 N–H and O–H groups in total. The molecule has 97 heavy (non-hydrogen) atoms. The average molecular weight is 1420 g/mol. The smallest absolute Gasteiger partial charge is 0.358 e. The van der Waals surface area contributed by atoms with Crippen LogP contribution in [0.3, 0.4) is 0 Å². The van der Waals surface area contributed by atoms with Gasteiger partial charge < -0.3 is 75.2 Å². The number of cyclic esters (lactones) is 2. The lowest BCUT2D eigenvalue weighted by molar-refractivity contribution is -0.268. The fraction of sp³-hybridized carbons (Fsp3) is 0.344. The number of hydrogen-bond donors (Lipinski definition) is 8. The number of allylic oxidation sites excluding steroid dienone is 2. The molecule has 13 rings (SSSR count). The number of pyridine rings is 1. The molecule has 0 spiro atoms. The number of aliphatic hydroxyl groups excluding tert-OH is 1. The summed E-state index contributed by atoms with van der Waals surface area (Å²) >= 11 is 4.59. The van der Waals surface area contributed by atoms with Gasteiger partial charge in [0.05, 0.1) is 49.8 Å². The van der Waals surface area contributed by atoms with E-state index in [-0.39, 0.29) is 123 Å². The first-order valence-corrected chi connectivity index (χ1v) is 33.9. The molecule has 7 aromatic heterocycles. The maximum atomic E-state index is 15.2.